The molecule has 7 nitrogen and oxygen atoms in total. The average Bonchev–Trinajstić information content (AvgIpc) is 3.11. The van der Waals surface area contributed by atoms with Gasteiger partial charge in [0.2, 0.25) is 0 Å². The highest BCUT2D eigenvalue weighted by molar-refractivity contribution is 5.26. The summed E-state index contributed by atoms with van der Waals surface area (Å²) in [6, 6.07) is 7.70. The molecule has 0 aromatic heterocycles. The van der Waals surface area contributed by atoms with Crippen LogP contribution in [0.2, 0.25) is 0 Å². The van der Waals surface area contributed by atoms with Crippen molar-refractivity contribution in [1.82, 2.24) is 0 Å². The second-order valence-corrected chi connectivity index (χ2v) is 8.24. The van der Waals surface area contributed by atoms with Crippen molar-refractivity contribution in [3.63, 3.8) is 0 Å². The molecule has 3 aliphatic rings. The Balaban J connectivity index is 1.55. The van der Waals surface area contributed by atoms with E-state index in [2.05, 4.69) is 0 Å². The molecule has 0 spiro atoms. The standard InChI is InChI=1S/C20H28O7/c1-19(2)24-14-13(21)15-18(27-20(3,4)25-15)16(17(14)26-19)23-10-11-6-8-12(22-5)9-7-11/h6-9,13-18,21H,10H2,1-5H3/t13-,14-,15+,16-,17+,18-. The van der Waals surface area contributed by atoms with E-state index < -0.39 is 48.2 Å². The summed E-state index contributed by atoms with van der Waals surface area (Å²) in [7, 11) is 1.64. The van der Waals surface area contributed by atoms with Crippen molar-refractivity contribution < 1.29 is 33.5 Å². The van der Waals surface area contributed by atoms with Crippen LogP contribution in [-0.2, 0) is 30.3 Å². The predicted octanol–water partition coefficient (Wildman–Crippen LogP) is 2.00. The van der Waals surface area contributed by atoms with E-state index in [0.717, 1.165) is 11.3 Å². The molecule has 1 aromatic carbocycles. The SMILES string of the molecule is COc1ccc(CO[C@@H]2[C@H]3OC(C)(C)O[C@@H]3[C@@H](O)[C@@H]3OC(C)(C)O[C@@H]23)cc1. The normalized spacial score (nSPS) is 39.0. The molecule has 2 saturated heterocycles. The highest BCUT2D eigenvalue weighted by Crippen LogP contribution is 2.45. The van der Waals surface area contributed by atoms with Crippen LogP contribution in [0.25, 0.3) is 0 Å². The van der Waals surface area contributed by atoms with Gasteiger partial charge in [0.15, 0.2) is 11.6 Å². The quantitative estimate of drug-likeness (QED) is 0.856. The Hall–Kier alpha value is -1.22. The van der Waals surface area contributed by atoms with Crippen LogP contribution in [0, 0.1) is 0 Å². The van der Waals surface area contributed by atoms with Crippen LogP contribution < -0.4 is 4.74 Å². The van der Waals surface area contributed by atoms with Gasteiger partial charge in [-0.25, -0.2) is 0 Å². The van der Waals surface area contributed by atoms with Gasteiger partial charge in [0.05, 0.1) is 13.7 Å². The fourth-order valence-corrected chi connectivity index (χ4v) is 4.15. The molecule has 6 atom stereocenters. The highest BCUT2D eigenvalue weighted by atomic mass is 16.8. The lowest BCUT2D eigenvalue weighted by Gasteiger charge is -2.40. The van der Waals surface area contributed by atoms with Crippen LogP contribution in [0.4, 0.5) is 0 Å². The minimum atomic E-state index is -0.843. The third-order valence-electron chi connectivity index (χ3n) is 5.25. The van der Waals surface area contributed by atoms with Gasteiger partial charge in [0, 0.05) is 0 Å². The van der Waals surface area contributed by atoms with Crippen LogP contribution in [-0.4, -0.2) is 60.4 Å². The Morgan fingerprint density at radius 3 is 1.81 bits per heavy atom. The third kappa shape index (κ3) is 3.60. The number of methoxy groups -OCH3 is 1. The molecule has 150 valence electrons. The van der Waals surface area contributed by atoms with Crippen LogP contribution >= 0.6 is 0 Å². The largest absolute Gasteiger partial charge is 0.497 e. The molecule has 0 unspecified atom stereocenters. The highest BCUT2D eigenvalue weighted by Gasteiger charge is 2.63. The number of fused-ring (bicyclic) bond motifs is 2. The zero-order valence-electron chi connectivity index (χ0n) is 16.4. The van der Waals surface area contributed by atoms with E-state index in [-0.39, 0.29) is 0 Å². The Bertz CT molecular complexity index is 639. The monoisotopic (exact) mass is 380 g/mol. The Morgan fingerprint density at radius 1 is 0.852 bits per heavy atom. The minimum absolute atomic E-state index is 0.380. The number of benzene rings is 1. The van der Waals surface area contributed by atoms with Crippen molar-refractivity contribution in [3.05, 3.63) is 29.8 Å². The molecule has 2 heterocycles. The van der Waals surface area contributed by atoms with Crippen molar-refractivity contribution in [1.29, 1.82) is 0 Å². The van der Waals surface area contributed by atoms with E-state index in [9.17, 15) is 5.11 Å². The molecule has 0 amide bonds. The zero-order chi connectivity index (χ0) is 19.4. The van der Waals surface area contributed by atoms with Gasteiger partial charge < -0.3 is 33.5 Å². The maximum absolute atomic E-state index is 10.8. The van der Waals surface area contributed by atoms with Crippen molar-refractivity contribution in [2.75, 3.05) is 7.11 Å². The molecule has 1 N–H and O–H groups in total. The van der Waals surface area contributed by atoms with Crippen LogP contribution in [0.5, 0.6) is 5.75 Å². The molecule has 3 fully saturated rings. The maximum atomic E-state index is 10.8. The molecule has 4 rings (SSSR count). The summed E-state index contributed by atoms with van der Waals surface area (Å²) in [6.45, 7) is 7.71. The van der Waals surface area contributed by atoms with Crippen molar-refractivity contribution >= 4 is 0 Å². The summed E-state index contributed by atoms with van der Waals surface area (Å²) in [6.07, 6.45) is -3.20. The van der Waals surface area contributed by atoms with Gasteiger partial charge in [0.25, 0.3) is 0 Å². The maximum Gasteiger partial charge on any atom is 0.164 e. The van der Waals surface area contributed by atoms with Crippen molar-refractivity contribution in [2.45, 2.75) is 82.5 Å². The molecule has 7 heteroatoms. The second-order valence-electron chi connectivity index (χ2n) is 8.24. The summed E-state index contributed by atoms with van der Waals surface area (Å²) in [5.41, 5.74) is 1.01. The number of rotatable bonds is 4. The number of aliphatic hydroxyl groups is 1. The lowest BCUT2D eigenvalue weighted by atomic mass is 9.85. The van der Waals surface area contributed by atoms with Gasteiger partial charge in [-0.15, -0.1) is 0 Å². The van der Waals surface area contributed by atoms with Gasteiger partial charge in [-0.1, -0.05) is 12.1 Å². The summed E-state index contributed by atoms with van der Waals surface area (Å²) >= 11 is 0. The van der Waals surface area contributed by atoms with Gasteiger partial charge in [0.1, 0.15) is 42.4 Å². The summed E-state index contributed by atoms with van der Waals surface area (Å²) in [5.74, 6) is -0.804. The molecule has 1 aromatic rings. The van der Waals surface area contributed by atoms with Gasteiger partial charge in [-0.05, 0) is 45.4 Å². The van der Waals surface area contributed by atoms with Crippen molar-refractivity contribution in [3.8, 4) is 5.75 Å². The van der Waals surface area contributed by atoms with Crippen LogP contribution in [0.3, 0.4) is 0 Å². The summed E-state index contributed by atoms with van der Waals surface area (Å²) in [4.78, 5) is 0. The van der Waals surface area contributed by atoms with Gasteiger partial charge in [-0.2, -0.15) is 0 Å². The van der Waals surface area contributed by atoms with Crippen molar-refractivity contribution in [2.24, 2.45) is 0 Å². The Kier molecular flexibility index (Phi) is 4.73. The zero-order valence-corrected chi connectivity index (χ0v) is 16.4. The molecule has 27 heavy (non-hydrogen) atoms. The lowest BCUT2D eigenvalue weighted by molar-refractivity contribution is -0.190. The van der Waals surface area contributed by atoms with E-state index >= 15 is 0 Å². The smallest absolute Gasteiger partial charge is 0.164 e. The molecular formula is C20H28O7. The molecular weight excluding hydrogens is 352 g/mol. The van der Waals surface area contributed by atoms with E-state index in [1.807, 2.05) is 52.0 Å². The number of hydrogen-bond acceptors (Lipinski definition) is 7. The first kappa shape index (κ1) is 19.1. The van der Waals surface area contributed by atoms with E-state index in [0.29, 0.717) is 6.61 Å². The minimum Gasteiger partial charge on any atom is -0.497 e. The molecule has 2 aliphatic heterocycles. The topological polar surface area (TPSA) is 75.6 Å². The first-order valence-corrected chi connectivity index (χ1v) is 9.33. The van der Waals surface area contributed by atoms with E-state index in [1.165, 1.54) is 0 Å². The Morgan fingerprint density at radius 2 is 1.33 bits per heavy atom. The first-order chi connectivity index (χ1) is 12.7. The molecule has 0 radical (unpaired) electrons. The number of aliphatic hydroxyl groups excluding tert-OH is 1. The fourth-order valence-electron chi connectivity index (χ4n) is 4.15. The number of hydrogen-bond donors (Lipinski definition) is 1. The first-order valence-electron chi connectivity index (χ1n) is 9.33. The molecule has 1 aliphatic carbocycles. The summed E-state index contributed by atoms with van der Waals surface area (Å²) < 4.78 is 35.5. The second kappa shape index (κ2) is 6.69. The lowest BCUT2D eigenvalue weighted by Crippen LogP contribution is -2.62. The van der Waals surface area contributed by atoms with Crippen LogP contribution in [0.1, 0.15) is 33.3 Å². The predicted molar refractivity (Wildman–Crippen MR) is 95.2 cm³/mol. The van der Waals surface area contributed by atoms with E-state index in [1.54, 1.807) is 7.11 Å². The third-order valence-corrected chi connectivity index (χ3v) is 5.25. The van der Waals surface area contributed by atoms with Crippen LogP contribution in [0.15, 0.2) is 24.3 Å². The van der Waals surface area contributed by atoms with Gasteiger partial charge in [-0.3, -0.25) is 0 Å². The summed E-state index contributed by atoms with van der Waals surface area (Å²) in [5, 5.41) is 10.8. The Labute approximate surface area is 159 Å². The molecule has 0 bridgehead atoms. The fraction of sp³-hybridized carbons (Fsp3) is 0.700. The van der Waals surface area contributed by atoms with Gasteiger partial charge >= 0.3 is 0 Å². The average molecular weight is 380 g/mol. The molecule has 1 saturated carbocycles. The number of ether oxygens (including phenoxy) is 6. The van der Waals surface area contributed by atoms with E-state index in [4.69, 9.17) is 28.4 Å².